The molecule has 0 unspecified atom stereocenters. The van der Waals surface area contributed by atoms with Gasteiger partial charge in [0.05, 0.1) is 12.2 Å². The average molecular weight is 551 g/mol. The van der Waals surface area contributed by atoms with Gasteiger partial charge in [-0.1, -0.05) is 50.2 Å². The number of hydrogen-bond donors (Lipinski definition) is 5. The van der Waals surface area contributed by atoms with Crippen LogP contribution in [0.3, 0.4) is 0 Å². The summed E-state index contributed by atoms with van der Waals surface area (Å²) in [6.45, 7) is 4.58. The Hall–Kier alpha value is -4.95. The molecule has 2 amide bonds. The number of nitrogens with one attached hydrogen (secondary N) is 3. The lowest BCUT2D eigenvalue weighted by Crippen LogP contribution is -2.27. The van der Waals surface area contributed by atoms with Gasteiger partial charge >= 0.3 is 0 Å². The number of nitrogen functional groups attached to an aromatic ring is 1. The average Bonchev–Trinajstić information content (AvgIpc) is 2.99. The number of hydrogen-bond acceptors (Lipinski definition) is 5. The molecule has 0 saturated heterocycles. The highest BCUT2D eigenvalue weighted by molar-refractivity contribution is 6.09. The third-order valence-corrected chi connectivity index (χ3v) is 6.44. The molecule has 0 radical (unpaired) electrons. The van der Waals surface area contributed by atoms with E-state index in [9.17, 15) is 14.7 Å². The topological polar surface area (TPSA) is 138 Å². The van der Waals surface area contributed by atoms with E-state index in [2.05, 4.69) is 10.6 Å². The molecule has 0 fully saturated rings. The van der Waals surface area contributed by atoms with Crippen molar-refractivity contribution < 1.29 is 19.4 Å². The number of carbonyl (C=O) groups excluding carboxylic acids is 2. The van der Waals surface area contributed by atoms with E-state index < -0.39 is 0 Å². The first-order valence-corrected chi connectivity index (χ1v) is 13.3. The predicted molar refractivity (Wildman–Crippen MR) is 161 cm³/mol. The minimum absolute atomic E-state index is 0.0636. The number of aliphatic hydroxyl groups is 1. The minimum atomic E-state index is -0.386. The molecular weight excluding hydrogens is 516 g/mol. The quantitative estimate of drug-likeness (QED) is 0.127. The molecule has 0 aromatic heterocycles. The molecule has 4 aromatic rings. The lowest BCUT2D eigenvalue weighted by Gasteiger charge is -2.16. The van der Waals surface area contributed by atoms with Crippen molar-refractivity contribution in [3.63, 3.8) is 0 Å². The highest BCUT2D eigenvalue weighted by Gasteiger charge is 2.19. The zero-order valence-corrected chi connectivity index (χ0v) is 23.1. The summed E-state index contributed by atoms with van der Waals surface area (Å²) in [5, 5.41) is 23.6. The van der Waals surface area contributed by atoms with E-state index in [1.165, 1.54) is 0 Å². The van der Waals surface area contributed by atoms with Gasteiger partial charge in [0.2, 0.25) is 0 Å². The van der Waals surface area contributed by atoms with Gasteiger partial charge in [-0.25, -0.2) is 0 Å². The summed E-state index contributed by atoms with van der Waals surface area (Å²) in [6.07, 6.45) is 0. The maximum Gasteiger partial charge on any atom is 0.256 e. The molecule has 8 heteroatoms. The van der Waals surface area contributed by atoms with Crippen molar-refractivity contribution in [2.75, 3.05) is 11.9 Å². The second kappa shape index (κ2) is 13.4. The molecule has 0 heterocycles. The summed E-state index contributed by atoms with van der Waals surface area (Å²) in [5.41, 5.74) is 10.1. The van der Waals surface area contributed by atoms with Crippen LogP contribution in [0.2, 0.25) is 0 Å². The molecule has 6 N–H and O–H groups in total. The Morgan fingerprint density at radius 2 is 1.56 bits per heavy atom. The Morgan fingerprint density at radius 3 is 2.22 bits per heavy atom. The van der Waals surface area contributed by atoms with Crippen LogP contribution >= 0.6 is 0 Å². The molecule has 0 spiro atoms. The smallest absolute Gasteiger partial charge is 0.256 e. The van der Waals surface area contributed by atoms with Crippen LogP contribution in [0.1, 0.15) is 51.3 Å². The molecular formula is C33H34N4O4. The van der Waals surface area contributed by atoms with Crippen LogP contribution in [0.4, 0.5) is 5.69 Å². The van der Waals surface area contributed by atoms with Gasteiger partial charge in [-0.15, -0.1) is 0 Å². The van der Waals surface area contributed by atoms with E-state index in [1.807, 2.05) is 44.2 Å². The summed E-state index contributed by atoms with van der Waals surface area (Å²) in [6, 6.07) is 26.7. The van der Waals surface area contributed by atoms with Crippen molar-refractivity contribution in [1.82, 2.24) is 5.32 Å². The first kappa shape index (κ1) is 29.0. The first-order valence-electron chi connectivity index (χ1n) is 13.3. The van der Waals surface area contributed by atoms with E-state index in [0.717, 1.165) is 5.56 Å². The molecule has 41 heavy (non-hydrogen) atoms. The number of nitrogens with two attached hydrogens (primary N) is 1. The normalized spacial score (nSPS) is 10.7. The molecule has 210 valence electrons. The zero-order valence-electron chi connectivity index (χ0n) is 23.1. The predicted octanol–water partition coefficient (Wildman–Crippen LogP) is 5.35. The summed E-state index contributed by atoms with van der Waals surface area (Å²) < 4.78 is 6.00. The summed E-state index contributed by atoms with van der Waals surface area (Å²) >= 11 is 0. The van der Waals surface area contributed by atoms with E-state index in [0.29, 0.717) is 63.9 Å². The fraction of sp³-hybridized carbons (Fsp3) is 0.182. The van der Waals surface area contributed by atoms with Crippen molar-refractivity contribution >= 4 is 23.3 Å². The van der Waals surface area contributed by atoms with Crippen molar-refractivity contribution in [1.29, 1.82) is 5.41 Å². The number of ether oxygens (including phenoxy) is 1. The van der Waals surface area contributed by atoms with E-state index >= 15 is 0 Å². The lowest BCUT2D eigenvalue weighted by atomic mass is 9.93. The Morgan fingerprint density at radius 1 is 0.878 bits per heavy atom. The van der Waals surface area contributed by atoms with Crippen LogP contribution in [0, 0.1) is 11.3 Å². The second-order valence-corrected chi connectivity index (χ2v) is 10.1. The molecule has 4 rings (SSSR count). The van der Waals surface area contributed by atoms with Gasteiger partial charge in [0, 0.05) is 23.4 Å². The van der Waals surface area contributed by atoms with Crippen LogP contribution in [0.5, 0.6) is 5.75 Å². The number of amidine groups is 1. The van der Waals surface area contributed by atoms with Crippen LogP contribution in [-0.2, 0) is 13.2 Å². The molecule has 0 atom stereocenters. The van der Waals surface area contributed by atoms with Crippen molar-refractivity contribution in [3.8, 4) is 16.9 Å². The van der Waals surface area contributed by atoms with Crippen LogP contribution < -0.4 is 21.1 Å². The van der Waals surface area contributed by atoms with Gasteiger partial charge in [0.1, 0.15) is 18.2 Å². The van der Waals surface area contributed by atoms with Crippen LogP contribution in [-0.4, -0.2) is 29.3 Å². The molecule has 0 bridgehead atoms. The van der Waals surface area contributed by atoms with Gasteiger partial charge in [-0.3, -0.25) is 15.0 Å². The van der Waals surface area contributed by atoms with E-state index in [4.69, 9.17) is 15.9 Å². The lowest BCUT2D eigenvalue weighted by molar-refractivity contribution is 0.0948. The van der Waals surface area contributed by atoms with E-state index in [1.54, 1.807) is 60.7 Å². The highest BCUT2D eigenvalue weighted by Crippen LogP contribution is 2.32. The summed E-state index contributed by atoms with van der Waals surface area (Å²) in [5.74, 6) is 0.133. The summed E-state index contributed by atoms with van der Waals surface area (Å²) in [4.78, 5) is 26.3. The fourth-order valence-corrected chi connectivity index (χ4v) is 4.24. The minimum Gasteiger partial charge on any atom is -0.489 e. The first-order chi connectivity index (χ1) is 19.7. The van der Waals surface area contributed by atoms with Crippen molar-refractivity contribution in [3.05, 3.63) is 119 Å². The largest absolute Gasteiger partial charge is 0.489 e. The monoisotopic (exact) mass is 550 g/mol. The van der Waals surface area contributed by atoms with Gasteiger partial charge in [0.25, 0.3) is 11.8 Å². The third-order valence-electron chi connectivity index (χ3n) is 6.44. The molecule has 0 aliphatic rings. The van der Waals surface area contributed by atoms with Crippen LogP contribution in [0.25, 0.3) is 11.1 Å². The number of benzene rings is 4. The molecule has 0 saturated carbocycles. The number of amides is 2. The Bertz CT molecular complexity index is 1530. The Kier molecular flexibility index (Phi) is 9.50. The van der Waals surface area contributed by atoms with Gasteiger partial charge in [-0.2, -0.15) is 0 Å². The van der Waals surface area contributed by atoms with E-state index in [-0.39, 0.29) is 24.3 Å². The highest BCUT2D eigenvalue weighted by atomic mass is 16.5. The van der Waals surface area contributed by atoms with Crippen LogP contribution in [0.15, 0.2) is 91.0 Å². The third kappa shape index (κ3) is 7.58. The molecule has 0 aliphatic heterocycles. The summed E-state index contributed by atoms with van der Waals surface area (Å²) in [7, 11) is 0. The maximum atomic E-state index is 13.6. The molecule has 4 aromatic carbocycles. The zero-order chi connectivity index (χ0) is 29.4. The molecule has 8 nitrogen and oxygen atoms in total. The number of aliphatic hydroxyl groups excluding tert-OH is 1. The molecule has 0 aliphatic carbocycles. The Labute approximate surface area is 239 Å². The standard InChI is InChI=1S/C33H34N4O4/c1-21(2)18-36-32(39)24-10-14-28(25(16-24)19-38)29-15-13-27(41-20-22-6-4-3-5-7-22)17-30(29)33(40)37-26-11-8-23(9-12-26)31(34)35/h3-17,21,38H,18-20H2,1-2H3,(H3,34,35)(H,36,39)(H,37,40). The fourth-order valence-electron chi connectivity index (χ4n) is 4.24. The number of carbonyl (C=O) groups is 2. The number of rotatable bonds is 11. The van der Waals surface area contributed by atoms with Crippen molar-refractivity contribution in [2.45, 2.75) is 27.1 Å². The number of anilines is 1. The second-order valence-electron chi connectivity index (χ2n) is 10.1. The van der Waals surface area contributed by atoms with Gasteiger partial charge in [0.15, 0.2) is 0 Å². The van der Waals surface area contributed by atoms with Gasteiger partial charge in [-0.05, 0) is 82.8 Å². The maximum absolute atomic E-state index is 13.6. The van der Waals surface area contributed by atoms with Gasteiger partial charge < -0.3 is 26.2 Å². The van der Waals surface area contributed by atoms with Crippen molar-refractivity contribution in [2.24, 2.45) is 11.7 Å². The Balaban J connectivity index is 1.68. The SMILES string of the molecule is CC(C)CNC(=O)c1ccc(-c2ccc(OCc3ccccc3)cc2C(=O)Nc2ccc(C(=N)N)cc2)c(CO)c1.